The summed E-state index contributed by atoms with van der Waals surface area (Å²) in [5.41, 5.74) is 3.79. The number of imidazole rings is 1. The van der Waals surface area contributed by atoms with Crippen molar-refractivity contribution in [3.8, 4) is 0 Å². The molecular formula is C16H17N5OS. The molecule has 3 heterocycles. The molecule has 0 bridgehead atoms. The summed E-state index contributed by atoms with van der Waals surface area (Å²) in [4.78, 5) is 24.8. The topological polar surface area (TPSA) is 69.7 Å². The minimum absolute atomic E-state index is 0.0848. The Kier molecular flexibility index (Phi) is 3.39. The molecule has 2 aromatic heterocycles. The molecule has 23 heavy (non-hydrogen) atoms. The van der Waals surface area contributed by atoms with E-state index >= 15 is 0 Å². The van der Waals surface area contributed by atoms with E-state index in [4.69, 9.17) is 17.2 Å². The Morgan fingerprint density at radius 2 is 2.13 bits per heavy atom. The maximum absolute atomic E-state index is 12.1. The quantitative estimate of drug-likeness (QED) is 0.705. The second-order valence-corrected chi connectivity index (χ2v) is 6.31. The number of aromatic nitrogens is 4. The van der Waals surface area contributed by atoms with E-state index in [9.17, 15) is 4.79 Å². The van der Waals surface area contributed by atoms with Gasteiger partial charge in [-0.3, -0.25) is 14.7 Å². The van der Waals surface area contributed by atoms with Crippen LogP contribution in [0.3, 0.4) is 0 Å². The molecule has 2 N–H and O–H groups in total. The average molecular weight is 327 g/mol. The zero-order valence-corrected chi connectivity index (χ0v) is 13.6. The summed E-state index contributed by atoms with van der Waals surface area (Å²) < 4.78 is 2.52. The highest BCUT2D eigenvalue weighted by Gasteiger charge is 2.21. The molecule has 0 aliphatic carbocycles. The molecule has 3 aromatic rings. The van der Waals surface area contributed by atoms with Gasteiger partial charge in [0.2, 0.25) is 0 Å². The second-order valence-electron chi connectivity index (χ2n) is 5.90. The van der Waals surface area contributed by atoms with Crippen LogP contribution in [-0.4, -0.2) is 31.0 Å². The van der Waals surface area contributed by atoms with Crippen LogP contribution in [0.4, 0.5) is 0 Å². The fourth-order valence-electron chi connectivity index (χ4n) is 3.18. The number of para-hydroxylation sites is 2. The summed E-state index contributed by atoms with van der Waals surface area (Å²) in [5, 5.41) is 0. The molecule has 0 fully saturated rings. The molecule has 0 saturated carbocycles. The minimum Gasteiger partial charge on any atom is -0.335 e. The molecule has 0 unspecified atom stereocenters. The second kappa shape index (κ2) is 5.43. The minimum atomic E-state index is -0.0848. The molecule has 0 spiro atoms. The highest BCUT2D eigenvalue weighted by Crippen LogP contribution is 2.19. The van der Waals surface area contributed by atoms with Crippen molar-refractivity contribution in [2.75, 3.05) is 6.54 Å². The van der Waals surface area contributed by atoms with Crippen LogP contribution in [0.15, 0.2) is 29.1 Å². The molecule has 1 aliphatic heterocycles. The fraction of sp³-hybridized carbons (Fsp3) is 0.312. The van der Waals surface area contributed by atoms with Crippen molar-refractivity contribution >= 4 is 23.3 Å². The van der Waals surface area contributed by atoms with Crippen molar-refractivity contribution in [2.45, 2.75) is 19.5 Å². The molecule has 0 saturated heterocycles. The third-order valence-electron chi connectivity index (χ3n) is 4.43. The van der Waals surface area contributed by atoms with Crippen molar-refractivity contribution in [1.29, 1.82) is 0 Å². The van der Waals surface area contributed by atoms with E-state index < -0.39 is 0 Å². The van der Waals surface area contributed by atoms with Crippen molar-refractivity contribution in [1.82, 2.24) is 24.4 Å². The first-order valence-corrected chi connectivity index (χ1v) is 7.99. The summed E-state index contributed by atoms with van der Waals surface area (Å²) in [6.07, 6.45) is 0.798. The van der Waals surface area contributed by atoms with Gasteiger partial charge in [0.1, 0.15) is 5.82 Å². The normalized spacial score (nSPS) is 15.0. The number of benzene rings is 1. The van der Waals surface area contributed by atoms with E-state index in [-0.39, 0.29) is 5.56 Å². The van der Waals surface area contributed by atoms with Gasteiger partial charge in [-0.25, -0.2) is 4.98 Å². The third-order valence-corrected chi connectivity index (χ3v) is 4.64. The van der Waals surface area contributed by atoms with Gasteiger partial charge in [-0.05, 0) is 24.4 Å². The summed E-state index contributed by atoms with van der Waals surface area (Å²) in [7, 11) is 2.03. The number of rotatable bonds is 2. The number of nitrogens with one attached hydrogen (secondary N) is 2. The number of hydrogen-bond donors (Lipinski definition) is 2. The van der Waals surface area contributed by atoms with E-state index in [1.165, 1.54) is 0 Å². The predicted molar refractivity (Wildman–Crippen MR) is 90.8 cm³/mol. The van der Waals surface area contributed by atoms with Crippen LogP contribution in [0.2, 0.25) is 0 Å². The molecule has 1 aromatic carbocycles. The van der Waals surface area contributed by atoms with Gasteiger partial charge in [0.25, 0.3) is 5.56 Å². The molecular weight excluding hydrogens is 310 g/mol. The van der Waals surface area contributed by atoms with Crippen LogP contribution < -0.4 is 5.56 Å². The van der Waals surface area contributed by atoms with Gasteiger partial charge in [-0.2, -0.15) is 0 Å². The highest BCUT2D eigenvalue weighted by atomic mass is 32.1. The van der Waals surface area contributed by atoms with Crippen LogP contribution in [0.25, 0.3) is 11.0 Å². The highest BCUT2D eigenvalue weighted by molar-refractivity contribution is 7.71. The molecule has 6 nitrogen and oxygen atoms in total. The van der Waals surface area contributed by atoms with Gasteiger partial charge < -0.3 is 9.55 Å². The number of fused-ring (bicyclic) bond motifs is 2. The Morgan fingerprint density at radius 1 is 1.30 bits per heavy atom. The van der Waals surface area contributed by atoms with Gasteiger partial charge >= 0.3 is 0 Å². The molecule has 0 atom stereocenters. The Bertz CT molecular complexity index is 1000. The largest absolute Gasteiger partial charge is 0.335 e. The number of nitrogens with zero attached hydrogens (tertiary/aromatic N) is 3. The summed E-state index contributed by atoms with van der Waals surface area (Å²) in [5.74, 6) is 1.01. The van der Waals surface area contributed by atoms with Gasteiger partial charge in [0.05, 0.1) is 23.1 Å². The molecule has 1 aliphatic rings. The molecule has 0 amide bonds. The Labute approximate surface area is 137 Å². The monoisotopic (exact) mass is 327 g/mol. The Morgan fingerprint density at radius 3 is 2.96 bits per heavy atom. The zero-order valence-electron chi connectivity index (χ0n) is 12.8. The zero-order chi connectivity index (χ0) is 16.0. The van der Waals surface area contributed by atoms with Gasteiger partial charge in [-0.15, -0.1) is 0 Å². The average Bonchev–Trinajstić information content (AvgIpc) is 2.84. The van der Waals surface area contributed by atoms with Crippen molar-refractivity contribution < 1.29 is 0 Å². The lowest BCUT2D eigenvalue weighted by molar-refractivity contribution is 0.234. The van der Waals surface area contributed by atoms with Crippen LogP contribution >= 0.6 is 12.2 Å². The van der Waals surface area contributed by atoms with Crippen LogP contribution in [0.1, 0.15) is 17.1 Å². The molecule has 118 valence electrons. The van der Waals surface area contributed by atoms with Crippen molar-refractivity contribution in [2.24, 2.45) is 7.05 Å². The molecule has 4 rings (SSSR count). The van der Waals surface area contributed by atoms with E-state index in [0.29, 0.717) is 11.3 Å². The summed E-state index contributed by atoms with van der Waals surface area (Å²) in [6, 6.07) is 8.11. The number of hydrogen-bond acceptors (Lipinski definition) is 4. The maximum Gasteiger partial charge on any atom is 0.256 e. The first kappa shape index (κ1) is 14.3. The van der Waals surface area contributed by atoms with Crippen LogP contribution in [0, 0.1) is 4.77 Å². The number of aryl methyl sites for hydroxylation is 1. The fourth-order valence-corrected chi connectivity index (χ4v) is 3.40. The predicted octanol–water partition coefficient (Wildman–Crippen LogP) is 1.88. The third kappa shape index (κ3) is 2.51. The SMILES string of the molecule is Cn1c(CN2CCc3[nH]c(=S)[nH]c(=O)c3C2)nc2ccccc21. The first-order valence-electron chi connectivity index (χ1n) is 7.59. The standard InChI is InChI=1S/C16H17N5OS/c1-20-13-5-3-2-4-12(13)17-14(20)9-21-7-6-11-10(8-21)15(22)19-16(23)18-11/h2-5H,6-9H2,1H3,(H2,18,19,22,23). The van der Waals surface area contributed by atoms with E-state index in [1.54, 1.807) is 0 Å². The van der Waals surface area contributed by atoms with E-state index in [1.807, 2.05) is 25.2 Å². The molecule has 7 heteroatoms. The Balaban J connectivity index is 1.64. The van der Waals surface area contributed by atoms with Crippen LogP contribution in [-0.2, 0) is 26.6 Å². The molecule has 0 radical (unpaired) electrons. The van der Waals surface area contributed by atoms with Crippen molar-refractivity contribution in [3.05, 3.63) is 56.5 Å². The van der Waals surface area contributed by atoms with Gasteiger partial charge in [0.15, 0.2) is 4.77 Å². The smallest absolute Gasteiger partial charge is 0.256 e. The summed E-state index contributed by atoms with van der Waals surface area (Å²) in [6.45, 7) is 2.21. The van der Waals surface area contributed by atoms with Gasteiger partial charge in [-0.1, -0.05) is 12.1 Å². The lowest BCUT2D eigenvalue weighted by atomic mass is 10.1. The van der Waals surface area contributed by atoms with E-state index in [2.05, 4.69) is 25.5 Å². The first-order chi connectivity index (χ1) is 11.1. The van der Waals surface area contributed by atoms with Gasteiger partial charge in [0, 0.05) is 32.3 Å². The summed E-state index contributed by atoms with van der Waals surface area (Å²) >= 11 is 5.04. The van der Waals surface area contributed by atoms with E-state index in [0.717, 1.165) is 47.6 Å². The lowest BCUT2D eigenvalue weighted by Gasteiger charge is -2.27. The van der Waals surface area contributed by atoms with Crippen molar-refractivity contribution in [3.63, 3.8) is 0 Å². The maximum atomic E-state index is 12.1. The number of H-pyrrole nitrogens is 2. The number of aromatic amines is 2. The Hall–Kier alpha value is -2.25. The van der Waals surface area contributed by atoms with Crippen LogP contribution in [0.5, 0.6) is 0 Å². The lowest BCUT2D eigenvalue weighted by Crippen LogP contribution is -2.35.